The zero-order valence-electron chi connectivity index (χ0n) is 10.4. The normalized spacial score (nSPS) is 44.9. The van der Waals surface area contributed by atoms with E-state index in [1.165, 1.54) is 32.1 Å². The van der Waals surface area contributed by atoms with Crippen LogP contribution in [-0.2, 0) is 9.53 Å². The van der Waals surface area contributed by atoms with Gasteiger partial charge in [0.25, 0.3) is 0 Å². The van der Waals surface area contributed by atoms with Gasteiger partial charge in [0, 0.05) is 7.11 Å². The second-order valence-corrected chi connectivity index (χ2v) is 6.75. The first-order valence-corrected chi connectivity index (χ1v) is 7.25. The van der Waals surface area contributed by atoms with E-state index >= 15 is 0 Å². The Hall–Kier alpha value is -0.0800. The lowest BCUT2D eigenvalue weighted by Crippen LogP contribution is -2.49. The molecule has 4 bridgehead atoms. The molecule has 0 amide bonds. The fraction of sp³-hybridized carbons (Fsp3) is 0.929. The van der Waals surface area contributed by atoms with Crippen molar-refractivity contribution in [3.8, 4) is 0 Å². The molecule has 3 heteroatoms. The number of rotatable bonds is 4. The Morgan fingerprint density at radius 2 is 1.71 bits per heavy atom. The molecule has 4 fully saturated rings. The number of ether oxygens (including phenoxy) is 1. The molecule has 0 spiro atoms. The number of hydrogen-bond acceptors (Lipinski definition) is 2. The van der Waals surface area contributed by atoms with E-state index in [2.05, 4.69) is 0 Å². The van der Waals surface area contributed by atoms with Crippen molar-refractivity contribution in [2.24, 2.45) is 35.5 Å². The minimum Gasteiger partial charge on any atom is -0.384 e. The first-order valence-electron chi connectivity index (χ1n) is 6.87. The molecule has 0 saturated heterocycles. The standard InChI is InChI=1S/C14H21ClO2/c1-17-7-12(14(15)16)13-10-3-8-2-9(5-10)6-11(13)4-8/h8-13H,2-7H2,1H3. The third-order valence-electron chi connectivity index (χ3n) is 5.40. The summed E-state index contributed by atoms with van der Waals surface area (Å²) in [5.41, 5.74) is 0. The predicted molar refractivity (Wildman–Crippen MR) is 66.8 cm³/mol. The molecule has 0 heterocycles. The van der Waals surface area contributed by atoms with Gasteiger partial charge in [-0.05, 0) is 73.3 Å². The van der Waals surface area contributed by atoms with Gasteiger partial charge in [0.15, 0.2) is 0 Å². The van der Waals surface area contributed by atoms with Crippen molar-refractivity contribution in [3.05, 3.63) is 0 Å². The Balaban J connectivity index is 1.80. The fourth-order valence-corrected chi connectivity index (χ4v) is 5.34. The van der Waals surface area contributed by atoms with Crippen LogP contribution in [0.5, 0.6) is 0 Å². The highest BCUT2D eigenvalue weighted by molar-refractivity contribution is 6.64. The Kier molecular flexibility index (Phi) is 3.20. The van der Waals surface area contributed by atoms with E-state index in [1.807, 2.05) is 0 Å². The average molecular weight is 257 g/mol. The third-order valence-corrected chi connectivity index (χ3v) is 5.68. The summed E-state index contributed by atoms with van der Waals surface area (Å²) in [5.74, 6) is 3.83. The zero-order chi connectivity index (χ0) is 12.0. The first kappa shape index (κ1) is 12.0. The summed E-state index contributed by atoms with van der Waals surface area (Å²) in [5, 5.41) is -0.177. The summed E-state index contributed by atoms with van der Waals surface area (Å²) in [6.07, 6.45) is 6.79. The van der Waals surface area contributed by atoms with Crippen LogP contribution in [0.15, 0.2) is 0 Å². The summed E-state index contributed by atoms with van der Waals surface area (Å²) < 4.78 is 5.22. The number of methoxy groups -OCH3 is 1. The van der Waals surface area contributed by atoms with Crippen molar-refractivity contribution in [2.45, 2.75) is 32.1 Å². The van der Waals surface area contributed by atoms with Crippen LogP contribution in [0.3, 0.4) is 0 Å². The molecule has 0 aliphatic heterocycles. The Morgan fingerprint density at radius 3 is 2.12 bits per heavy atom. The minimum atomic E-state index is -0.177. The molecule has 0 aromatic rings. The van der Waals surface area contributed by atoms with Gasteiger partial charge < -0.3 is 4.74 Å². The molecule has 0 N–H and O–H groups in total. The Labute approximate surface area is 108 Å². The van der Waals surface area contributed by atoms with E-state index in [9.17, 15) is 4.79 Å². The van der Waals surface area contributed by atoms with Crippen LogP contribution < -0.4 is 0 Å². The van der Waals surface area contributed by atoms with Crippen LogP contribution in [0, 0.1) is 35.5 Å². The molecular weight excluding hydrogens is 236 g/mol. The third kappa shape index (κ3) is 2.04. The highest BCUT2D eigenvalue weighted by Gasteiger charge is 2.51. The lowest BCUT2D eigenvalue weighted by atomic mass is 9.50. The van der Waals surface area contributed by atoms with Gasteiger partial charge in [-0.1, -0.05) is 0 Å². The summed E-state index contributed by atoms with van der Waals surface area (Å²) in [6.45, 7) is 0.509. The topological polar surface area (TPSA) is 26.3 Å². The summed E-state index contributed by atoms with van der Waals surface area (Å²) in [7, 11) is 1.67. The summed E-state index contributed by atoms with van der Waals surface area (Å²) in [4.78, 5) is 11.6. The van der Waals surface area contributed by atoms with Crippen molar-refractivity contribution in [2.75, 3.05) is 13.7 Å². The average Bonchev–Trinajstić information content (AvgIpc) is 2.26. The maximum absolute atomic E-state index is 11.6. The largest absolute Gasteiger partial charge is 0.384 e. The summed E-state index contributed by atoms with van der Waals surface area (Å²) >= 11 is 5.80. The molecule has 0 aromatic heterocycles. The Morgan fingerprint density at radius 1 is 1.18 bits per heavy atom. The van der Waals surface area contributed by atoms with Gasteiger partial charge in [-0.25, -0.2) is 0 Å². The van der Waals surface area contributed by atoms with Gasteiger partial charge in [0.05, 0.1) is 12.5 Å². The SMILES string of the molecule is COCC(C(=O)Cl)C1C2CC3CC(C2)CC1C3. The predicted octanol–water partition coefficient (Wildman–Crippen LogP) is 3.09. The second kappa shape index (κ2) is 4.55. The molecular formula is C14H21ClO2. The molecule has 2 nitrogen and oxygen atoms in total. The van der Waals surface area contributed by atoms with Crippen LogP contribution >= 0.6 is 11.6 Å². The first-order chi connectivity index (χ1) is 8.19. The van der Waals surface area contributed by atoms with Crippen molar-refractivity contribution < 1.29 is 9.53 Å². The second-order valence-electron chi connectivity index (χ2n) is 6.37. The molecule has 1 atom stereocenters. The smallest absolute Gasteiger partial charge is 0.227 e. The lowest BCUT2D eigenvalue weighted by molar-refractivity contribution is -0.128. The van der Waals surface area contributed by atoms with Gasteiger partial charge in [0.2, 0.25) is 5.24 Å². The van der Waals surface area contributed by atoms with Crippen LogP contribution in [0.2, 0.25) is 0 Å². The molecule has 4 aliphatic carbocycles. The van der Waals surface area contributed by atoms with E-state index < -0.39 is 0 Å². The van der Waals surface area contributed by atoms with Gasteiger partial charge in [-0.3, -0.25) is 4.79 Å². The van der Waals surface area contributed by atoms with Gasteiger partial charge >= 0.3 is 0 Å². The van der Waals surface area contributed by atoms with Crippen LogP contribution in [-0.4, -0.2) is 19.0 Å². The van der Waals surface area contributed by atoms with Crippen molar-refractivity contribution in [3.63, 3.8) is 0 Å². The number of halogens is 1. The number of hydrogen-bond donors (Lipinski definition) is 0. The fourth-order valence-electron chi connectivity index (χ4n) is 5.13. The van der Waals surface area contributed by atoms with Crippen molar-refractivity contribution in [1.82, 2.24) is 0 Å². The number of carbonyl (C=O) groups excluding carboxylic acids is 1. The van der Waals surface area contributed by atoms with E-state index in [0.717, 1.165) is 23.7 Å². The Bertz CT molecular complexity index is 287. The van der Waals surface area contributed by atoms with Crippen LogP contribution in [0.25, 0.3) is 0 Å². The highest BCUT2D eigenvalue weighted by atomic mass is 35.5. The monoisotopic (exact) mass is 256 g/mol. The zero-order valence-corrected chi connectivity index (χ0v) is 11.2. The van der Waals surface area contributed by atoms with Crippen molar-refractivity contribution >= 4 is 16.8 Å². The van der Waals surface area contributed by atoms with Gasteiger partial charge in [-0.2, -0.15) is 0 Å². The molecule has 4 saturated carbocycles. The van der Waals surface area contributed by atoms with E-state index in [0.29, 0.717) is 12.5 Å². The van der Waals surface area contributed by atoms with E-state index in [1.54, 1.807) is 7.11 Å². The maximum atomic E-state index is 11.6. The molecule has 0 radical (unpaired) electrons. The van der Waals surface area contributed by atoms with E-state index in [4.69, 9.17) is 16.3 Å². The van der Waals surface area contributed by atoms with Crippen LogP contribution in [0.4, 0.5) is 0 Å². The molecule has 17 heavy (non-hydrogen) atoms. The van der Waals surface area contributed by atoms with E-state index in [-0.39, 0.29) is 11.2 Å². The molecule has 1 unspecified atom stereocenters. The van der Waals surface area contributed by atoms with Crippen LogP contribution in [0.1, 0.15) is 32.1 Å². The maximum Gasteiger partial charge on any atom is 0.227 e. The lowest BCUT2D eigenvalue weighted by Gasteiger charge is -2.56. The minimum absolute atomic E-state index is 0.0586. The molecule has 4 rings (SSSR count). The molecule has 96 valence electrons. The van der Waals surface area contributed by atoms with Crippen molar-refractivity contribution in [1.29, 1.82) is 0 Å². The summed E-state index contributed by atoms with van der Waals surface area (Å²) in [6, 6.07) is 0. The molecule has 4 aliphatic rings. The van der Waals surface area contributed by atoms with Gasteiger partial charge in [0.1, 0.15) is 0 Å². The molecule has 0 aromatic carbocycles. The number of carbonyl (C=O) groups is 1. The van der Waals surface area contributed by atoms with Gasteiger partial charge in [-0.15, -0.1) is 0 Å². The quantitative estimate of drug-likeness (QED) is 0.723. The highest BCUT2D eigenvalue weighted by Crippen LogP contribution is 2.58.